The van der Waals surface area contributed by atoms with Crippen molar-refractivity contribution in [3.8, 4) is 11.5 Å². The molecule has 0 amide bonds. The molecule has 1 aromatic rings. The van der Waals surface area contributed by atoms with Gasteiger partial charge in [-0.3, -0.25) is 0 Å². The SMILES string of the molecule is Oc1cc(Cl)c(O)c(Cl)c1C1(Cl)C=CC(Cl)=CC1O. The molecule has 3 N–H and O–H groups in total. The molecule has 0 fully saturated rings. The average molecular weight is 342 g/mol. The van der Waals surface area contributed by atoms with Crippen molar-refractivity contribution in [2.24, 2.45) is 0 Å². The zero-order chi connectivity index (χ0) is 14.4. The molecule has 0 saturated carbocycles. The van der Waals surface area contributed by atoms with Gasteiger partial charge in [0.2, 0.25) is 0 Å². The topological polar surface area (TPSA) is 60.7 Å². The summed E-state index contributed by atoms with van der Waals surface area (Å²) in [6, 6.07) is 1.10. The number of hydrogen-bond donors (Lipinski definition) is 3. The molecule has 102 valence electrons. The van der Waals surface area contributed by atoms with E-state index in [0.29, 0.717) is 5.03 Å². The van der Waals surface area contributed by atoms with Gasteiger partial charge in [0.1, 0.15) is 16.7 Å². The maximum absolute atomic E-state index is 10.0. The van der Waals surface area contributed by atoms with Crippen molar-refractivity contribution in [2.75, 3.05) is 0 Å². The molecular weight excluding hydrogens is 334 g/mol. The van der Waals surface area contributed by atoms with E-state index in [2.05, 4.69) is 0 Å². The molecule has 0 aromatic heterocycles. The summed E-state index contributed by atoms with van der Waals surface area (Å²) in [5.41, 5.74) is -0.0399. The average Bonchev–Trinajstić information content (AvgIpc) is 2.32. The van der Waals surface area contributed by atoms with Gasteiger partial charge >= 0.3 is 0 Å². The molecule has 2 atom stereocenters. The molecule has 7 heteroatoms. The van der Waals surface area contributed by atoms with E-state index in [-0.39, 0.29) is 21.4 Å². The summed E-state index contributed by atoms with van der Waals surface area (Å²) in [6.07, 6.45) is 2.92. The van der Waals surface area contributed by atoms with Crippen LogP contribution in [-0.2, 0) is 4.87 Å². The first-order chi connectivity index (χ1) is 8.77. The summed E-state index contributed by atoms with van der Waals surface area (Å²) in [6.45, 7) is 0. The molecule has 1 aromatic carbocycles. The van der Waals surface area contributed by atoms with E-state index < -0.39 is 16.7 Å². The van der Waals surface area contributed by atoms with Crippen molar-refractivity contribution in [3.05, 3.63) is 44.9 Å². The molecule has 1 aliphatic rings. The molecule has 19 heavy (non-hydrogen) atoms. The van der Waals surface area contributed by atoms with Crippen molar-refractivity contribution in [1.29, 1.82) is 0 Å². The van der Waals surface area contributed by atoms with Gasteiger partial charge < -0.3 is 15.3 Å². The van der Waals surface area contributed by atoms with Crippen LogP contribution in [0, 0.1) is 0 Å². The van der Waals surface area contributed by atoms with Crippen LogP contribution >= 0.6 is 46.4 Å². The van der Waals surface area contributed by atoms with Crippen LogP contribution in [0.3, 0.4) is 0 Å². The van der Waals surface area contributed by atoms with Crippen molar-refractivity contribution in [1.82, 2.24) is 0 Å². The fraction of sp³-hybridized carbons (Fsp3) is 0.167. The Morgan fingerprint density at radius 1 is 1.16 bits per heavy atom. The molecule has 0 aliphatic heterocycles. The summed E-state index contributed by atoms with van der Waals surface area (Å²) in [5, 5.41) is 29.6. The van der Waals surface area contributed by atoms with E-state index in [1.54, 1.807) is 0 Å². The van der Waals surface area contributed by atoms with Crippen LogP contribution in [0.5, 0.6) is 11.5 Å². The van der Waals surface area contributed by atoms with Crippen LogP contribution in [-0.4, -0.2) is 21.4 Å². The highest BCUT2D eigenvalue weighted by molar-refractivity contribution is 6.39. The minimum Gasteiger partial charge on any atom is -0.507 e. The molecular formula is C12H8Cl4O3. The lowest BCUT2D eigenvalue weighted by molar-refractivity contribution is 0.187. The normalized spacial score (nSPS) is 26.4. The van der Waals surface area contributed by atoms with E-state index in [4.69, 9.17) is 46.4 Å². The number of alkyl halides is 1. The lowest BCUT2D eigenvalue weighted by atomic mass is 9.88. The third-order valence-corrected chi connectivity index (χ3v) is 4.24. The van der Waals surface area contributed by atoms with Crippen molar-refractivity contribution >= 4 is 46.4 Å². The number of rotatable bonds is 1. The van der Waals surface area contributed by atoms with Crippen LogP contribution < -0.4 is 0 Å². The summed E-state index contributed by atoms with van der Waals surface area (Å²) < 4.78 is 0. The Morgan fingerprint density at radius 3 is 2.37 bits per heavy atom. The number of aliphatic hydroxyl groups excluding tert-OH is 1. The van der Waals surface area contributed by atoms with Gasteiger partial charge in [-0.15, -0.1) is 11.6 Å². The predicted octanol–water partition coefficient (Wildman–Crippen LogP) is 3.89. The zero-order valence-corrected chi connectivity index (χ0v) is 12.3. The number of allylic oxidation sites excluding steroid dienone is 2. The maximum Gasteiger partial charge on any atom is 0.153 e. The van der Waals surface area contributed by atoms with Crippen LogP contribution in [0.15, 0.2) is 29.3 Å². The van der Waals surface area contributed by atoms with Crippen molar-refractivity contribution in [2.45, 2.75) is 11.0 Å². The zero-order valence-electron chi connectivity index (χ0n) is 9.24. The Balaban J connectivity index is 2.66. The second-order valence-corrected chi connectivity index (χ2v) is 5.86. The van der Waals surface area contributed by atoms with Gasteiger partial charge in [0, 0.05) is 16.7 Å². The number of halogens is 4. The Morgan fingerprint density at radius 2 is 1.79 bits per heavy atom. The molecule has 0 radical (unpaired) electrons. The quantitative estimate of drug-likeness (QED) is 0.536. The van der Waals surface area contributed by atoms with Gasteiger partial charge in [0.05, 0.1) is 10.0 Å². The minimum absolute atomic E-state index is 0.0399. The Kier molecular flexibility index (Phi) is 3.96. The van der Waals surface area contributed by atoms with E-state index in [9.17, 15) is 15.3 Å². The number of phenols is 2. The first-order valence-electron chi connectivity index (χ1n) is 5.11. The second kappa shape index (κ2) is 5.08. The van der Waals surface area contributed by atoms with E-state index in [1.165, 1.54) is 18.2 Å². The van der Waals surface area contributed by atoms with Crippen molar-refractivity contribution in [3.63, 3.8) is 0 Å². The van der Waals surface area contributed by atoms with Gasteiger partial charge in [-0.1, -0.05) is 40.9 Å². The molecule has 2 rings (SSSR count). The highest BCUT2D eigenvalue weighted by Crippen LogP contribution is 2.50. The van der Waals surface area contributed by atoms with Crippen LogP contribution in [0.1, 0.15) is 5.56 Å². The van der Waals surface area contributed by atoms with Gasteiger partial charge in [-0.25, -0.2) is 0 Å². The largest absolute Gasteiger partial charge is 0.507 e. The highest BCUT2D eigenvalue weighted by Gasteiger charge is 2.41. The van der Waals surface area contributed by atoms with E-state index in [1.807, 2.05) is 0 Å². The lowest BCUT2D eigenvalue weighted by Gasteiger charge is -2.31. The van der Waals surface area contributed by atoms with E-state index in [0.717, 1.165) is 6.07 Å². The Labute approximate surface area is 129 Å². The van der Waals surface area contributed by atoms with Crippen LogP contribution in [0.2, 0.25) is 10.0 Å². The first kappa shape index (κ1) is 14.8. The molecule has 0 bridgehead atoms. The monoisotopic (exact) mass is 340 g/mol. The predicted molar refractivity (Wildman–Crippen MR) is 76.4 cm³/mol. The van der Waals surface area contributed by atoms with Crippen LogP contribution in [0.25, 0.3) is 0 Å². The number of aromatic hydroxyl groups is 2. The van der Waals surface area contributed by atoms with Crippen molar-refractivity contribution < 1.29 is 15.3 Å². The number of hydrogen-bond acceptors (Lipinski definition) is 3. The third-order valence-electron chi connectivity index (χ3n) is 2.79. The Hall–Kier alpha value is -0.580. The summed E-state index contributed by atoms with van der Waals surface area (Å²) >= 11 is 23.7. The molecule has 1 aliphatic carbocycles. The molecule has 0 heterocycles. The van der Waals surface area contributed by atoms with Crippen LogP contribution in [0.4, 0.5) is 0 Å². The van der Waals surface area contributed by atoms with E-state index >= 15 is 0 Å². The number of aliphatic hydroxyl groups is 1. The second-order valence-electron chi connectivity index (χ2n) is 4.01. The fourth-order valence-corrected chi connectivity index (χ4v) is 2.97. The fourth-order valence-electron chi connectivity index (χ4n) is 1.82. The van der Waals surface area contributed by atoms with Gasteiger partial charge in [-0.05, 0) is 12.2 Å². The maximum atomic E-state index is 10.0. The smallest absolute Gasteiger partial charge is 0.153 e. The summed E-state index contributed by atoms with van der Waals surface area (Å²) in [5.74, 6) is -0.754. The highest BCUT2D eigenvalue weighted by atomic mass is 35.5. The molecule has 3 nitrogen and oxygen atoms in total. The lowest BCUT2D eigenvalue weighted by Crippen LogP contribution is -2.33. The standard InChI is InChI=1S/C12H8Cl4O3/c13-5-1-2-12(16,8(18)3-5)9-7(17)4-6(14)11(19)10(9)15/h1-4,8,17-19H. The first-order valence-corrected chi connectivity index (χ1v) is 6.62. The molecule has 2 unspecified atom stereocenters. The molecule has 0 saturated heterocycles. The number of phenolic OH excluding ortho intramolecular Hbond substituents is 2. The van der Waals surface area contributed by atoms with Gasteiger partial charge in [0.15, 0.2) is 5.75 Å². The third kappa shape index (κ3) is 2.41. The Bertz CT molecular complexity index is 597. The van der Waals surface area contributed by atoms with Gasteiger partial charge in [-0.2, -0.15) is 0 Å². The van der Waals surface area contributed by atoms with Gasteiger partial charge in [0.25, 0.3) is 0 Å². The molecule has 0 spiro atoms. The minimum atomic E-state index is -1.54. The number of benzene rings is 1. The summed E-state index contributed by atoms with van der Waals surface area (Å²) in [7, 11) is 0. The summed E-state index contributed by atoms with van der Waals surface area (Å²) in [4.78, 5) is -1.54.